The molecular weight excluding hydrogens is 460 g/mol. The molecule has 34 heavy (non-hydrogen) atoms. The lowest BCUT2D eigenvalue weighted by atomic mass is 10.1. The van der Waals surface area contributed by atoms with Crippen LogP contribution in [0.2, 0.25) is 0 Å². The van der Waals surface area contributed by atoms with E-state index in [1.165, 1.54) is 44.4 Å². The van der Waals surface area contributed by atoms with Crippen LogP contribution >= 0.6 is 0 Å². The monoisotopic (exact) mass is 482 g/mol. The number of rotatable bonds is 3. The molecular formula is C23H22N4O6S. The van der Waals surface area contributed by atoms with Gasteiger partial charge in [0.15, 0.2) is 11.5 Å². The molecule has 1 aliphatic rings. The van der Waals surface area contributed by atoms with Crippen molar-refractivity contribution < 1.29 is 28.2 Å². The number of aliphatic hydroxyl groups excluding tert-OH is 1. The maximum absolute atomic E-state index is 12.5. The van der Waals surface area contributed by atoms with Gasteiger partial charge < -0.3 is 20.8 Å². The Labute approximate surface area is 196 Å². The van der Waals surface area contributed by atoms with Crippen LogP contribution in [0, 0.1) is 0 Å². The Morgan fingerprint density at radius 2 is 1.56 bits per heavy atom. The smallest absolute Gasteiger partial charge is 0.277 e. The Morgan fingerprint density at radius 1 is 0.912 bits per heavy atom. The minimum Gasteiger partial charge on any atom is -0.508 e. The van der Waals surface area contributed by atoms with Crippen molar-refractivity contribution in [3.05, 3.63) is 84.2 Å². The van der Waals surface area contributed by atoms with Crippen LogP contribution < -0.4 is 10.6 Å². The number of phenols is 1. The summed E-state index contributed by atoms with van der Waals surface area (Å²) >= 11 is 0. The summed E-state index contributed by atoms with van der Waals surface area (Å²) in [6.07, 6.45) is 1.49. The number of carbonyl (C=O) groups is 2. The molecule has 0 aliphatic carbocycles. The second-order valence-corrected chi connectivity index (χ2v) is 9.00. The van der Waals surface area contributed by atoms with Crippen molar-refractivity contribution in [2.24, 2.45) is 0 Å². The summed E-state index contributed by atoms with van der Waals surface area (Å²) in [4.78, 5) is 26.8. The summed E-state index contributed by atoms with van der Waals surface area (Å²) in [7, 11) is -2.69. The highest BCUT2D eigenvalue weighted by Gasteiger charge is 2.37. The topological polar surface area (TPSA) is 149 Å². The maximum atomic E-state index is 12.5. The summed E-state index contributed by atoms with van der Waals surface area (Å²) in [5, 5.41) is 24.3. The van der Waals surface area contributed by atoms with Gasteiger partial charge in [-0.25, -0.2) is 13.4 Å². The van der Waals surface area contributed by atoms with Crippen molar-refractivity contribution in [1.29, 1.82) is 0 Å². The van der Waals surface area contributed by atoms with E-state index in [0.29, 0.717) is 5.69 Å². The van der Waals surface area contributed by atoms with Crippen molar-refractivity contribution in [3.8, 4) is 5.75 Å². The van der Waals surface area contributed by atoms with Gasteiger partial charge in [-0.15, -0.1) is 0 Å². The van der Waals surface area contributed by atoms with Gasteiger partial charge in [-0.2, -0.15) is 0 Å². The van der Waals surface area contributed by atoms with E-state index < -0.39 is 21.7 Å². The molecule has 11 heteroatoms. The molecule has 2 aromatic carbocycles. The number of anilines is 2. The third-order valence-corrected chi connectivity index (χ3v) is 6.44. The predicted molar refractivity (Wildman–Crippen MR) is 126 cm³/mol. The van der Waals surface area contributed by atoms with E-state index in [1.807, 2.05) is 0 Å². The number of pyridine rings is 1. The van der Waals surface area contributed by atoms with Crippen LogP contribution in [0.4, 0.5) is 11.5 Å². The lowest BCUT2D eigenvalue weighted by Crippen LogP contribution is -2.37. The number of aliphatic hydroxyl groups is 1. The van der Waals surface area contributed by atoms with Crippen LogP contribution in [0.3, 0.4) is 0 Å². The summed E-state index contributed by atoms with van der Waals surface area (Å²) in [6.45, 7) is 1.44. The SMILES string of the molecule is CC(=O)Nc1ccc(O)cc1.CN1C(C(=O)Nc2ccccn2)=C(O)c2ccccc2S1(=O)=O. The molecule has 10 nitrogen and oxygen atoms in total. The Morgan fingerprint density at radius 3 is 2.18 bits per heavy atom. The molecule has 0 spiro atoms. The first-order chi connectivity index (χ1) is 16.1. The van der Waals surface area contributed by atoms with Crippen LogP contribution in [0.25, 0.3) is 5.76 Å². The molecule has 1 aromatic heterocycles. The minimum absolute atomic E-state index is 0.0469. The van der Waals surface area contributed by atoms with Crippen molar-refractivity contribution >= 4 is 39.1 Å². The van der Waals surface area contributed by atoms with Gasteiger partial charge in [-0.05, 0) is 48.5 Å². The zero-order chi connectivity index (χ0) is 24.9. The van der Waals surface area contributed by atoms with Gasteiger partial charge in [0.25, 0.3) is 15.9 Å². The second kappa shape index (κ2) is 10.0. The zero-order valence-electron chi connectivity index (χ0n) is 18.3. The Kier molecular flexibility index (Phi) is 7.17. The van der Waals surface area contributed by atoms with E-state index in [2.05, 4.69) is 15.6 Å². The number of hydrogen-bond acceptors (Lipinski definition) is 7. The first kappa shape index (κ1) is 24.3. The summed E-state index contributed by atoms with van der Waals surface area (Å²) < 4.78 is 25.8. The van der Waals surface area contributed by atoms with E-state index in [1.54, 1.807) is 42.5 Å². The van der Waals surface area contributed by atoms with Crippen molar-refractivity contribution in [2.45, 2.75) is 11.8 Å². The van der Waals surface area contributed by atoms with Crippen molar-refractivity contribution in [3.63, 3.8) is 0 Å². The third-order valence-electron chi connectivity index (χ3n) is 4.63. The maximum Gasteiger partial charge on any atom is 0.277 e. The first-order valence-corrected chi connectivity index (χ1v) is 11.4. The Bertz CT molecular complexity index is 1340. The van der Waals surface area contributed by atoms with E-state index in [4.69, 9.17) is 5.11 Å². The van der Waals surface area contributed by atoms with Gasteiger partial charge in [0.2, 0.25) is 5.91 Å². The van der Waals surface area contributed by atoms with E-state index >= 15 is 0 Å². The highest BCUT2D eigenvalue weighted by Crippen LogP contribution is 2.34. The number of benzene rings is 2. The zero-order valence-corrected chi connectivity index (χ0v) is 19.1. The van der Waals surface area contributed by atoms with Gasteiger partial charge in [-0.3, -0.25) is 13.9 Å². The molecule has 0 radical (unpaired) electrons. The normalized spacial score (nSPS) is 13.8. The number of sulfonamides is 1. The van der Waals surface area contributed by atoms with Gasteiger partial charge in [0, 0.05) is 31.4 Å². The molecule has 176 valence electrons. The number of carbonyl (C=O) groups excluding carboxylic acids is 2. The quantitative estimate of drug-likeness (QED) is 0.419. The number of nitrogens with zero attached hydrogens (tertiary/aromatic N) is 2. The fourth-order valence-electron chi connectivity index (χ4n) is 3.04. The standard InChI is InChI=1S/C15H13N3O4S.C8H9NO2/c1-18-13(15(20)17-12-8-4-5-9-16-12)14(19)10-6-2-3-7-11(10)23(18,21)22;1-6(10)9-7-2-4-8(11)5-3-7/h2-9,19H,1H3,(H,16,17,20);2-5,11H,1H3,(H,9,10). The van der Waals surface area contributed by atoms with Gasteiger partial charge in [0.1, 0.15) is 11.6 Å². The van der Waals surface area contributed by atoms with Crippen LogP contribution in [0.5, 0.6) is 5.75 Å². The number of fused-ring (bicyclic) bond motifs is 1. The van der Waals surface area contributed by atoms with E-state index in [0.717, 1.165) is 4.31 Å². The number of phenolic OH excluding ortho intramolecular Hbond substituents is 1. The highest BCUT2D eigenvalue weighted by molar-refractivity contribution is 7.89. The van der Waals surface area contributed by atoms with Crippen LogP contribution in [-0.2, 0) is 19.6 Å². The predicted octanol–water partition coefficient (Wildman–Crippen LogP) is 2.93. The molecule has 3 aromatic rings. The number of likely N-dealkylation sites (N-methyl/N-ethyl adjacent to an activating group) is 1. The summed E-state index contributed by atoms with van der Waals surface area (Å²) in [5.74, 6) is -0.828. The van der Waals surface area contributed by atoms with Crippen LogP contribution in [0.15, 0.2) is 83.5 Å². The number of nitrogens with one attached hydrogen (secondary N) is 2. The molecule has 0 bridgehead atoms. The number of amides is 2. The summed E-state index contributed by atoms with van der Waals surface area (Å²) in [6, 6.07) is 17.2. The molecule has 0 saturated carbocycles. The number of aromatic hydroxyl groups is 1. The van der Waals surface area contributed by atoms with E-state index in [-0.39, 0.29) is 33.6 Å². The molecule has 0 fully saturated rings. The first-order valence-electron chi connectivity index (χ1n) is 9.92. The molecule has 2 heterocycles. The Hall–Kier alpha value is -4.38. The van der Waals surface area contributed by atoms with E-state index in [9.17, 15) is 23.1 Å². The fraction of sp³-hybridized carbons (Fsp3) is 0.0870. The average Bonchev–Trinajstić information content (AvgIpc) is 2.80. The van der Waals surface area contributed by atoms with Crippen molar-refractivity contribution in [1.82, 2.24) is 9.29 Å². The van der Waals surface area contributed by atoms with Crippen LogP contribution in [0.1, 0.15) is 12.5 Å². The lowest BCUT2D eigenvalue weighted by Gasteiger charge is -2.28. The fourth-order valence-corrected chi connectivity index (χ4v) is 4.44. The molecule has 0 saturated heterocycles. The average molecular weight is 483 g/mol. The summed E-state index contributed by atoms with van der Waals surface area (Å²) in [5.41, 5.74) is 0.432. The largest absolute Gasteiger partial charge is 0.508 e. The molecule has 0 atom stereocenters. The van der Waals surface area contributed by atoms with Crippen LogP contribution in [-0.4, -0.2) is 46.8 Å². The molecule has 1 aliphatic heterocycles. The van der Waals surface area contributed by atoms with Gasteiger partial charge >= 0.3 is 0 Å². The minimum atomic E-state index is -3.91. The number of hydrogen-bond donors (Lipinski definition) is 4. The lowest BCUT2D eigenvalue weighted by molar-refractivity contribution is -0.114. The number of aromatic nitrogens is 1. The Balaban J connectivity index is 0.000000248. The molecule has 4 N–H and O–H groups in total. The van der Waals surface area contributed by atoms with Gasteiger partial charge in [-0.1, -0.05) is 18.2 Å². The molecule has 2 amide bonds. The molecule has 4 rings (SSSR count). The highest BCUT2D eigenvalue weighted by atomic mass is 32.2. The van der Waals surface area contributed by atoms with Crippen molar-refractivity contribution in [2.75, 3.05) is 17.7 Å². The third kappa shape index (κ3) is 5.33. The van der Waals surface area contributed by atoms with Gasteiger partial charge in [0.05, 0.1) is 4.90 Å². The molecule has 0 unspecified atom stereocenters. The second-order valence-electron chi connectivity index (χ2n) is 7.06.